The number of hydrogen-bond donors (Lipinski definition) is 2. The molecule has 0 bridgehead atoms. The Morgan fingerprint density at radius 1 is 1.24 bits per heavy atom. The maximum absolute atomic E-state index is 12.3. The van der Waals surface area contributed by atoms with Crippen molar-refractivity contribution in [1.29, 1.82) is 0 Å². The lowest BCUT2D eigenvalue weighted by atomic mass is 9.79. The number of piperidine rings is 1. The molecule has 0 radical (unpaired) electrons. The molecule has 5 nitrogen and oxygen atoms in total. The molecule has 2 aliphatic rings. The molecule has 1 heterocycles. The molecule has 0 spiro atoms. The fraction of sp³-hybridized carbons (Fsp3) is 0.875. The molecule has 0 aromatic rings. The Kier molecular flexibility index (Phi) is 5.25. The number of nitrogens with zero attached hydrogens (tertiary/aromatic N) is 1. The van der Waals surface area contributed by atoms with Crippen LogP contribution in [0.5, 0.6) is 0 Å². The van der Waals surface area contributed by atoms with Crippen LogP contribution in [0.4, 0.5) is 0 Å². The Labute approximate surface area is 127 Å². The molecule has 1 aliphatic heterocycles. The fourth-order valence-corrected chi connectivity index (χ4v) is 3.43. The van der Waals surface area contributed by atoms with Gasteiger partial charge in [0.15, 0.2) is 0 Å². The SMILES string of the molecule is CN1CCC(C)(CNC(=O)C2CCCC(C(=O)O)C2)CC1. The van der Waals surface area contributed by atoms with Crippen LogP contribution < -0.4 is 5.32 Å². The van der Waals surface area contributed by atoms with Crippen molar-refractivity contribution in [3.63, 3.8) is 0 Å². The summed E-state index contributed by atoms with van der Waals surface area (Å²) >= 11 is 0. The fourth-order valence-electron chi connectivity index (χ4n) is 3.43. The van der Waals surface area contributed by atoms with Gasteiger partial charge in [-0.3, -0.25) is 9.59 Å². The number of carboxylic acids is 1. The first-order chi connectivity index (χ1) is 9.89. The minimum atomic E-state index is -0.755. The molecule has 5 heteroatoms. The highest BCUT2D eigenvalue weighted by atomic mass is 16.4. The maximum Gasteiger partial charge on any atom is 0.306 e. The molecule has 0 aromatic carbocycles. The maximum atomic E-state index is 12.3. The van der Waals surface area contributed by atoms with Gasteiger partial charge in [0, 0.05) is 12.5 Å². The van der Waals surface area contributed by atoms with E-state index in [1.54, 1.807) is 0 Å². The predicted octanol–water partition coefficient (Wildman–Crippen LogP) is 1.73. The summed E-state index contributed by atoms with van der Waals surface area (Å²) in [5, 5.41) is 12.2. The number of hydrogen-bond acceptors (Lipinski definition) is 3. The van der Waals surface area contributed by atoms with E-state index in [1.807, 2.05) is 0 Å². The van der Waals surface area contributed by atoms with Crippen molar-refractivity contribution in [2.24, 2.45) is 17.3 Å². The highest BCUT2D eigenvalue weighted by molar-refractivity contribution is 5.80. The van der Waals surface area contributed by atoms with Crippen LogP contribution in [0.15, 0.2) is 0 Å². The minimum absolute atomic E-state index is 0.0566. The van der Waals surface area contributed by atoms with E-state index in [-0.39, 0.29) is 23.2 Å². The van der Waals surface area contributed by atoms with Crippen molar-refractivity contribution in [3.05, 3.63) is 0 Å². The van der Waals surface area contributed by atoms with E-state index in [4.69, 9.17) is 5.11 Å². The van der Waals surface area contributed by atoms with Crippen molar-refractivity contribution in [2.45, 2.75) is 45.4 Å². The van der Waals surface area contributed by atoms with Gasteiger partial charge >= 0.3 is 5.97 Å². The Bertz CT molecular complexity index is 389. The van der Waals surface area contributed by atoms with E-state index in [9.17, 15) is 9.59 Å². The molecule has 1 saturated carbocycles. The van der Waals surface area contributed by atoms with Gasteiger partial charge in [-0.1, -0.05) is 13.3 Å². The second-order valence-corrected chi connectivity index (χ2v) is 7.23. The van der Waals surface area contributed by atoms with Crippen LogP contribution in [-0.4, -0.2) is 48.6 Å². The molecule has 1 aliphatic carbocycles. The number of carbonyl (C=O) groups excluding carboxylic acids is 1. The van der Waals surface area contributed by atoms with Gasteiger partial charge < -0.3 is 15.3 Å². The molecule has 2 atom stereocenters. The number of aliphatic carboxylic acids is 1. The van der Waals surface area contributed by atoms with Crippen LogP contribution >= 0.6 is 0 Å². The highest BCUT2D eigenvalue weighted by Crippen LogP contribution is 2.31. The van der Waals surface area contributed by atoms with E-state index in [2.05, 4.69) is 24.2 Å². The molecule has 2 fully saturated rings. The van der Waals surface area contributed by atoms with E-state index in [0.29, 0.717) is 19.4 Å². The second kappa shape index (κ2) is 6.77. The molecule has 2 N–H and O–H groups in total. The van der Waals surface area contributed by atoms with Crippen LogP contribution in [-0.2, 0) is 9.59 Å². The zero-order valence-electron chi connectivity index (χ0n) is 13.2. The first-order valence-electron chi connectivity index (χ1n) is 8.09. The molecule has 120 valence electrons. The lowest BCUT2D eigenvalue weighted by Gasteiger charge is -2.38. The lowest BCUT2D eigenvalue weighted by molar-refractivity contribution is -0.144. The monoisotopic (exact) mass is 296 g/mol. The minimum Gasteiger partial charge on any atom is -0.481 e. The summed E-state index contributed by atoms with van der Waals surface area (Å²) in [5.74, 6) is -1.15. The third kappa shape index (κ3) is 4.43. The summed E-state index contributed by atoms with van der Waals surface area (Å²) in [6, 6.07) is 0. The van der Waals surface area contributed by atoms with Crippen LogP contribution in [0.25, 0.3) is 0 Å². The van der Waals surface area contributed by atoms with Crippen molar-refractivity contribution in [3.8, 4) is 0 Å². The number of likely N-dealkylation sites (tertiary alicyclic amines) is 1. The third-order valence-corrected chi connectivity index (χ3v) is 5.28. The smallest absolute Gasteiger partial charge is 0.306 e. The number of amides is 1. The summed E-state index contributed by atoms with van der Waals surface area (Å²) in [5.41, 5.74) is 0.184. The average molecular weight is 296 g/mol. The highest BCUT2D eigenvalue weighted by Gasteiger charge is 2.33. The lowest BCUT2D eigenvalue weighted by Crippen LogP contribution is -2.45. The van der Waals surface area contributed by atoms with Gasteiger partial charge in [-0.15, -0.1) is 0 Å². The number of nitrogens with one attached hydrogen (secondary N) is 1. The van der Waals surface area contributed by atoms with Gasteiger partial charge in [-0.25, -0.2) is 0 Å². The van der Waals surface area contributed by atoms with E-state index in [0.717, 1.165) is 38.8 Å². The quantitative estimate of drug-likeness (QED) is 0.829. The number of rotatable bonds is 4. The normalized spacial score (nSPS) is 29.8. The Morgan fingerprint density at radius 2 is 1.86 bits per heavy atom. The van der Waals surface area contributed by atoms with Crippen LogP contribution in [0.2, 0.25) is 0 Å². The van der Waals surface area contributed by atoms with Crippen molar-refractivity contribution >= 4 is 11.9 Å². The van der Waals surface area contributed by atoms with Crippen LogP contribution in [0, 0.1) is 17.3 Å². The molecule has 2 rings (SSSR count). The predicted molar refractivity (Wildman–Crippen MR) is 80.9 cm³/mol. The first kappa shape index (κ1) is 16.3. The Morgan fingerprint density at radius 3 is 2.48 bits per heavy atom. The summed E-state index contributed by atoms with van der Waals surface area (Å²) in [6.45, 7) is 5.11. The summed E-state index contributed by atoms with van der Waals surface area (Å²) in [4.78, 5) is 25.7. The molecule has 1 amide bonds. The second-order valence-electron chi connectivity index (χ2n) is 7.23. The van der Waals surface area contributed by atoms with E-state index < -0.39 is 5.97 Å². The Hall–Kier alpha value is -1.10. The topological polar surface area (TPSA) is 69.6 Å². The van der Waals surface area contributed by atoms with Crippen LogP contribution in [0.3, 0.4) is 0 Å². The zero-order chi connectivity index (χ0) is 15.5. The summed E-state index contributed by atoms with van der Waals surface area (Å²) < 4.78 is 0. The summed E-state index contributed by atoms with van der Waals surface area (Å²) in [6.07, 6.45) is 5.09. The molecule has 1 saturated heterocycles. The summed E-state index contributed by atoms with van der Waals surface area (Å²) in [7, 11) is 2.13. The van der Waals surface area contributed by atoms with Crippen molar-refractivity contribution in [1.82, 2.24) is 10.2 Å². The molecule has 21 heavy (non-hydrogen) atoms. The molecule has 2 unspecified atom stereocenters. The van der Waals surface area contributed by atoms with Gasteiger partial charge in [-0.2, -0.15) is 0 Å². The van der Waals surface area contributed by atoms with Gasteiger partial charge in [0.2, 0.25) is 5.91 Å². The van der Waals surface area contributed by atoms with E-state index >= 15 is 0 Å². The standard InChI is InChI=1S/C16H28N2O3/c1-16(6-8-18(2)9-7-16)11-17-14(19)12-4-3-5-13(10-12)15(20)21/h12-13H,3-11H2,1-2H3,(H,17,19)(H,20,21). The van der Waals surface area contributed by atoms with Gasteiger partial charge in [-0.05, 0) is 57.7 Å². The number of carboxylic acid groups (broad SMARTS) is 1. The van der Waals surface area contributed by atoms with Gasteiger partial charge in [0.1, 0.15) is 0 Å². The molecular weight excluding hydrogens is 268 g/mol. The average Bonchev–Trinajstić information content (AvgIpc) is 2.48. The molecular formula is C16H28N2O3. The molecule has 0 aromatic heterocycles. The third-order valence-electron chi connectivity index (χ3n) is 5.28. The van der Waals surface area contributed by atoms with Gasteiger partial charge in [0.05, 0.1) is 5.92 Å². The largest absolute Gasteiger partial charge is 0.481 e. The number of carbonyl (C=O) groups is 2. The van der Waals surface area contributed by atoms with Crippen molar-refractivity contribution < 1.29 is 14.7 Å². The zero-order valence-corrected chi connectivity index (χ0v) is 13.2. The van der Waals surface area contributed by atoms with E-state index in [1.165, 1.54) is 0 Å². The first-order valence-corrected chi connectivity index (χ1v) is 8.09. The van der Waals surface area contributed by atoms with Gasteiger partial charge in [0.25, 0.3) is 0 Å². The van der Waals surface area contributed by atoms with Crippen LogP contribution in [0.1, 0.15) is 45.4 Å². The van der Waals surface area contributed by atoms with Crippen molar-refractivity contribution in [2.75, 3.05) is 26.7 Å². The Balaban J connectivity index is 1.80.